The molecule has 1 aromatic heterocycles. The molecule has 0 aliphatic rings. The minimum absolute atomic E-state index is 0.131. The number of carbonyl (C=O) groups is 3. The molecule has 38 heavy (non-hydrogen) atoms. The Balaban J connectivity index is 1.31. The number of thioether (sulfide) groups is 1. The van der Waals surface area contributed by atoms with Gasteiger partial charge in [0.15, 0.2) is 11.0 Å². The lowest BCUT2D eigenvalue weighted by molar-refractivity contribution is -0.114. The van der Waals surface area contributed by atoms with E-state index in [0.717, 1.165) is 11.1 Å². The molecular weight excluding hydrogens is 502 g/mol. The van der Waals surface area contributed by atoms with E-state index in [4.69, 9.17) is 0 Å². The minimum Gasteiger partial charge on any atom is -0.465 e. The fourth-order valence-electron chi connectivity index (χ4n) is 3.45. The van der Waals surface area contributed by atoms with Gasteiger partial charge >= 0.3 is 5.97 Å². The van der Waals surface area contributed by atoms with Crippen LogP contribution in [0.15, 0.2) is 90.1 Å². The third-order valence-corrected chi connectivity index (χ3v) is 6.41. The third-order valence-electron chi connectivity index (χ3n) is 5.39. The van der Waals surface area contributed by atoms with Gasteiger partial charge in [-0.25, -0.2) is 4.79 Å². The van der Waals surface area contributed by atoms with Crippen LogP contribution in [0.25, 0.3) is 17.5 Å². The van der Waals surface area contributed by atoms with Crippen molar-refractivity contribution >= 4 is 47.0 Å². The lowest BCUT2D eigenvalue weighted by Gasteiger charge is -2.07. The lowest BCUT2D eigenvalue weighted by atomic mass is 10.2. The monoisotopic (exact) mass is 527 g/mol. The molecule has 3 aromatic carbocycles. The fraction of sp³-hybridized carbons (Fsp3) is 0.107. The number of rotatable bonds is 9. The second kappa shape index (κ2) is 12.5. The third kappa shape index (κ3) is 6.95. The number of hydrogen-bond acceptors (Lipinski definition) is 7. The minimum atomic E-state index is -0.438. The highest BCUT2D eigenvalue weighted by atomic mass is 32.2. The standard InChI is InChI=1S/C28H25N5O4S/c1-33-26(20-9-13-22(14-10-20)29-24(34)17-8-19-6-4-3-5-7-19)31-32-28(33)38-18-25(35)30-23-15-11-21(12-16-23)27(36)37-2/h3-17H,18H2,1-2H3,(H,29,34)(H,30,35)/b17-8-. The Morgan fingerprint density at radius 2 is 1.55 bits per heavy atom. The summed E-state index contributed by atoms with van der Waals surface area (Å²) < 4.78 is 6.47. The number of amides is 2. The van der Waals surface area contributed by atoms with Crippen molar-refractivity contribution in [1.29, 1.82) is 0 Å². The number of nitrogens with zero attached hydrogens (tertiary/aromatic N) is 3. The summed E-state index contributed by atoms with van der Waals surface area (Å²) in [7, 11) is 3.14. The molecule has 0 unspecified atom stereocenters. The molecule has 2 N–H and O–H groups in total. The van der Waals surface area contributed by atoms with Crippen molar-refractivity contribution in [1.82, 2.24) is 14.8 Å². The number of nitrogens with one attached hydrogen (secondary N) is 2. The molecule has 10 heteroatoms. The summed E-state index contributed by atoms with van der Waals surface area (Å²) in [5, 5.41) is 14.7. The second-order valence-electron chi connectivity index (χ2n) is 8.08. The number of ether oxygens (including phenoxy) is 1. The van der Waals surface area contributed by atoms with Gasteiger partial charge in [0.2, 0.25) is 11.8 Å². The Hall–Kier alpha value is -4.70. The van der Waals surface area contributed by atoms with E-state index in [-0.39, 0.29) is 17.6 Å². The highest BCUT2D eigenvalue weighted by Crippen LogP contribution is 2.24. The molecule has 0 aliphatic carbocycles. The average Bonchev–Trinajstić information content (AvgIpc) is 3.31. The number of anilines is 2. The maximum absolute atomic E-state index is 12.4. The van der Waals surface area contributed by atoms with Crippen molar-refractivity contribution in [3.05, 3.63) is 96.1 Å². The van der Waals surface area contributed by atoms with Crippen LogP contribution in [0.3, 0.4) is 0 Å². The number of aromatic nitrogens is 3. The molecule has 0 radical (unpaired) electrons. The van der Waals surface area contributed by atoms with Crippen LogP contribution in [0.1, 0.15) is 15.9 Å². The predicted octanol–water partition coefficient (Wildman–Crippen LogP) is 4.65. The maximum atomic E-state index is 12.4. The molecule has 4 rings (SSSR count). The van der Waals surface area contributed by atoms with E-state index in [2.05, 4.69) is 25.6 Å². The molecule has 2 amide bonds. The molecular formula is C28H25N5O4S. The van der Waals surface area contributed by atoms with E-state index in [0.29, 0.717) is 27.9 Å². The van der Waals surface area contributed by atoms with Gasteiger partial charge in [-0.3, -0.25) is 9.59 Å². The molecule has 0 bridgehead atoms. The van der Waals surface area contributed by atoms with Gasteiger partial charge in [-0.15, -0.1) is 10.2 Å². The van der Waals surface area contributed by atoms with Crippen LogP contribution in [0, 0.1) is 0 Å². The number of methoxy groups -OCH3 is 1. The van der Waals surface area contributed by atoms with Crippen molar-refractivity contribution in [3.8, 4) is 11.4 Å². The molecule has 192 valence electrons. The van der Waals surface area contributed by atoms with Gasteiger partial charge in [-0.2, -0.15) is 0 Å². The topological polar surface area (TPSA) is 115 Å². The summed E-state index contributed by atoms with van der Waals surface area (Å²) in [4.78, 5) is 36.1. The maximum Gasteiger partial charge on any atom is 0.337 e. The molecule has 0 saturated carbocycles. The van der Waals surface area contributed by atoms with Gasteiger partial charge in [-0.05, 0) is 60.2 Å². The Morgan fingerprint density at radius 3 is 2.24 bits per heavy atom. The van der Waals surface area contributed by atoms with Crippen molar-refractivity contribution in [2.75, 3.05) is 23.5 Å². The summed E-state index contributed by atoms with van der Waals surface area (Å²) >= 11 is 1.26. The van der Waals surface area contributed by atoms with Crippen molar-refractivity contribution < 1.29 is 19.1 Å². The van der Waals surface area contributed by atoms with Gasteiger partial charge in [-0.1, -0.05) is 42.1 Å². The Kier molecular flexibility index (Phi) is 8.68. The largest absolute Gasteiger partial charge is 0.465 e. The summed E-state index contributed by atoms with van der Waals surface area (Å²) in [6.07, 6.45) is 3.24. The summed E-state index contributed by atoms with van der Waals surface area (Å²) in [6, 6.07) is 23.3. The molecule has 9 nitrogen and oxygen atoms in total. The molecule has 0 saturated heterocycles. The average molecular weight is 528 g/mol. The van der Waals surface area contributed by atoms with E-state index in [1.54, 1.807) is 47.0 Å². The smallest absolute Gasteiger partial charge is 0.337 e. The van der Waals surface area contributed by atoms with E-state index < -0.39 is 5.97 Å². The highest BCUT2D eigenvalue weighted by Gasteiger charge is 2.14. The van der Waals surface area contributed by atoms with Gasteiger partial charge in [0, 0.05) is 30.1 Å². The van der Waals surface area contributed by atoms with Crippen LogP contribution < -0.4 is 10.6 Å². The van der Waals surface area contributed by atoms with E-state index >= 15 is 0 Å². The Labute approximate surface area is 223 Å². The first-order valence-electron chi connectivity index (χ1n) is 11.6. The summed E-state index contributed by atoms with van der Waals surface area (Å²) in [6.45, 7) is 0. The Morgan fingerprint density at radius 1 is 0.895 bits per heavy atom. The van der Waals surface area contributed by atoms with E-state index in [1.807, 2.05) is 49.5 Å². The van der Waals surface area contributed by atoms with Crippen LogP contribution in [0.4, 0.5) is 11.4 Å². The van der Waals surface area contributed by atoms with Crippen LogP contribution in [0.5, 0.6) is 0 Å². The fourth-order valence-corrected chi connectivity index (χ4v) is 4.16. The molecule has 0 atom stereocenters. The zero-order valence-electron chi connectivity index (χ0n) is 20.8. The first kappa shape index (κ1) is 26.4. The van der Waals surface area contributed by atoms with E-state index in [9.17, 15) is 14.4 Å². The first-order chi connectivity index (χ1) is 18.4. The van der Waals surface area contributed by atoms with E-state index in [1.165, 1.54) is 24.9 Å². The Bertz CT molecular complexity index is 1450. The quantitative estimate of drug-likeness (QED) is 0.185. The van der Waals surface area contributed by atoms with Crippen molar-refractivity contribution in [2.45, 2.75) is 5.16 Å². The molecule has 0 fully saturated rings. The number of benzene rings is 3. The first-order valence-corrected chi connectivity index (χ1v) is 12.6. The molecule has 0 aliphatic heterocycles. The highest BCUT2D eigenvalue weighted by molar-refractivity contribution is 7.99. The van der Waals surface area contributed by atoms with Crippen molar-refractivity contribution in [2.24, 2.45) is 7.05 Å². The summed E-state index contributed by atoms with van der Waals surface area (Å²) in [5.41, 5.74) is 3.40. The van der Waals surface area contributed by atoms with Gasteiger partial charge in [0.25, 0.3) is 0 Å². The predicted molar refractivity (Wildman–Crippen MR) is 148 cm³/mol. The van der Waals surface area contributed by atoms with Crippen LogP contribution in [0.2, 0.25) is 0 Å². The van der Waals surface area contributed by atoms with Crippen LogP contribution in [-0.2, 0) is 21.4 Å². The summed E-state index contributed by atoms with van der Waals surface area (Å²) in [5.74, 6) is -0.116. The van der Waals surface area contributed by atoms with Gasteiger partial charge < -0.3 is 19.9 Å². The molecule has 4 aromatic rings. The van der Waals surface area contributed by atoms with Crippen molar-refractivity contribution in [3.63, 3.8) is 0 Å². The van der Waals surface area contributed by atoms with Gasteiger partial charge in [0.05, 0.1) is 18.4 Å². The number of hydrogen-bond donors (Lipinski definition) is 2. The van der Waals surface area contributed by atoms with Gasteiger partial charge in [0.1, 0.15) is 0 Å². The van der Waals surface area contributed by atoms with Crippen LogP contribution in [-0.4, -0.2) is 45.4 Å². The number of esters is 1. The zero-order chi connectivity index (χ0) is 26.9. The normalized spacial score (nSPS) is 10.8. The molecule has 1 heterocycles. The zero-order valence-corrected chi connectivity index (χ0v) is 21.6. The number of carbonyl (C=O) groups excluding carboxylic acids is 3. The second-order valence-corrected chi connectivity index (χ2v) is 9.02. The van der Waals surface area contributed by atoms with Crippen LogP contribution >= 0.6 is 11.8 Å². The lowest BCUT2D eigenvalue weighted by Crippen LogP contribution is -2.14. The SMILES string of the molecule is COC(=O)c1ccc(NC(=O)CSc2nnc(-c3ccc(NC(=O)/C=C\c4ccccc4)cc3)n2C)cc1. The molecule has 0 spiro atoms.